The molecule has 2 N–H and O–H groups in total. The highest BCUT2D eigenvalue weighted by atomic mass is 16.5. The number of hydrogen-bond donors (Lipinski definition) is 2. The van der Waals surface area contributed by atoms with Crippen molar-refractivity contribution >= 4 is 12.1 Å². The Hall–Kier alpha value is -2.30. The highest BCUT2D eigenvalue weighted by Gasteiger charge is 2.26. The number of allylic oxidation sites excluding steroid dienone is 2. The van der Waals surface area contributed by atoms with Crippen LogP contribution in [-0.2, 0) is 16.1 Å². The van der Waals surface area contributed by atoms with Gasteiger partial charge < -0.3 is 15.2 Å². The SMILES string of the molecule is O=C(O)CC(NC(=O)OCc1ccccc1)C1CC=CCC1. The van der Waals surface area contributed by atoms with Gasteiger partial charge in [-0.25, -0.2) is 4.79 Å². The summed E-state index contributed by atoms with van der Waals surface area (Å²) in [6.07, 6.45) is 6.07. The van der Waals surface area contributed by atoms with Crippen LogP contribution in [0.2, 0.25) is 0 Å². The van der Waals surface area contributed by atoms with Crippen molar-refractivity contribution in [2.45, 2.75) is 38.3 Å². The molecule has 1 aliphatic rings. The van der Waals surface area contributed by atoms with Crippen LogP contribution in [0.25, 0.3) is 0 Å². The lowest BCUT2D eigenvalue weighted by atomic mass is 9.86. The maximum atomic E-state index is 11.9. The molecule has 118 valence electrons. The second-order valence-corrected chi connectivity index (χ2v) is 5.45. The van der Waals surface area contributed by atoms with Crippen LogP contribution in [0.5, 0.6) is 0 Å². The average Bonchev–Trinajstić information content (AvgIpc) is 2.54. The van der Waals surface area contributed by atoms with Crippen LogP contribution in [0, 0.1) is 5.92 Å². The van der Waals surface area contributed by atoms with Crippen molar-refractivity contribution in [3.05, 3.63) is 48.0 Å². The van der Waals surface area contributed by atoms with Crippen molar-refractivity contribution in [3.63, 3.8) is 0 Å². The molecule has 0 radical (unpaired) electrons. The van der Waals surface area contributed by atoms with Gasteiger partial charge in [0.05, 0.1) is 6.42 Å². The summed E-state index contributed by atoms with van der Waals surface area (Å²) in [5.41, 5.74) is 0.896. The highest BCUT2D eigenvalue weighted by molar-refractivity contribution is 5.71. The summed E-state index contributed by atoms with van der Waals surface area (Å²) >= 11 is 0. The molecule has 0 aliphatic heterocycles. The number of nitrogens with one attached hydrogen (secondary N) is 1. The van der Waals surface area contributed by atoms with Gasteiger partial charge in [-0.05, 0) is 30.7 Å². The first kappa shape index (κ1) is 16.1. The van der Waals surface area contributed by atoms with Crippen molar-refractivity contribution in [1.29, 1.82) is 0 Å². The Bertz CT molecular complexity index is 527. The topological polar surface area (TPSA) is 75.6 Å². The Morgan fingerprint density at radius 3 is 2.68 bits per heavy atom. The molecule has 0 heterocycles. The van der Waals surface area contributed by atoms with Gasteiger partial charge in [-0.15, -0.1) is 0 Å². The fourth-order valence-electron chi connectivity index (χ4n) is 2.62. The lowest BCUT2D eigenvalue weighted by molar-refractivity contribution is -0.137. The van der Waals surface area contributed by atoms with Gasteiger partial charge >= 0.3 is 12.1 Å². The van der Waals surface area contributed by atoms with E-state index < -0.39 is 18.1 Å². The summed E-state index contributed by atoms with van der Waals surface area (Å²) in [5.74, 6) is -0.770. The predicted octanol–water partition coefficient (Wildman–Crippen LogP) is 3.11. The zero-order chi connectivity index (χ0) is 15.8. The van der Waals surface area contributed by atoms with E-state index in [4.69, 9.17) is 9.84 Å². The molecule has 5 nitrogen and oxygen atoms in total. The second-order valence-electron chi connectivity index (χ2n) is 5.45. The van der Waals surface area contributed by atoms with Gasteiger partial charge in [0.15, 0.2) is 0 Å². The molecule has 1 aromatic carbocycles. The average molecular weight is 303 g/mol. The standard InChI is InChI=1S/C17H21NO4/c19-16(20)11-15(14-9-5-2-6-10-14)18-17(21)22-12-13-7-3-1-4-8-13/h1-5,7-8,14-15H,6,9-12H2,(H,18,21)(H,19,20). The first-order valence-electron chi connectivity index (χ1n) is 7.49. The normalized spacial score (nSPS) is 18.5. The monoisotopic (exact) mass is 303 g/mol. The number of hydrogen-bond acceptors (Lipinski definition) is 3. The summed E-state index contributed by atoms with van der Waals surface area (Å²) in [6.45, 7) is 0.178. The molecule has 22 heavy (non-hydrogen) atoms. The smallest absolute Gasteiger partial charge is 0.407 e. The van der Waals surface area contributed by atoms with Crippen LogP contribution < -0.4 is 5.32 Å². The van der Waals surface area contributed by atoms with Gasteiger partial charge in [0.1, 0.15) is 6.61 Å². The van der Waals surface area contributed by atoms with Crippen LogP contribution in [0.3, 0.4) is 0 Å². The van der Waals surface area contributed by atoms with Crippen LogP contribution in [0.15, 0.2) is 42.5 Å². The molecular formula is C17H21NO4. The number of carbonyl (C=O) groups excluding carboxylic acids is 1. The van der Waals surface area contributed by atoms with Crippen LogP contribution in [-0.4, -0.2) is 23.2 Å². The highest BCUT2D eigenvalue weighted by Crippen LogP contribution is 2.23. The molecule has 2 unspecified atom stereocenters. The predicted molar refractivity (Wildman–Crippen MR) is 82.3 cm³/mol. The van der Waals surface area contributed by atoms with Gasteiger partial charge in [-0.1, -0.05) is 42.5 Å². The molecule has 2 rings (SSSR count). The molecular weight excluding hydrogens is 282 g/mol. The summed E-state index contributed by atoms with van der Waals surface area (Å²) in [5, 5.41) is 11.7. The molecule has 0 spiro atoms. The number of carboxylic acid groups (broad SMARTS) is 1. The van der Waals surface area contributed by atoms with E-state index in [0.29, 0.717) is 0 Å². The van der Waals surface area contributed by atoms with E-state index in [1.165, 1.54) is 0 Å². The van der Waals surface area contributed by atoms with E-state index in [1.807, 2.05) is 36.4 Å². The van der Waals surface area contributed by atoms with Gasteiger partial charge in [0.2, 0.25) is 0 Å². The molecule has 1 aliphatic carbocycles. The molecule has 5 heteroatoms. The Kier molecular flexibility index (Phi) is 6.01. The number of benzene rings is 1. The number of carboxylic acids is 1. The van der Waals surface area contributed by atoms with Crippen LogP contribution in [0.4, 0.5) is 4.79 Å². The van der Waals surface area contributed by atoms with E-state index in [9.17, 15) is 9.59 Å². The summed E-state index contributed by atoms with van der Waals surface area (Å²) in [7, 11) is 0. The van der Waals surface area contributed by atoms with E-state index >= 15 is 0 Å². The number of amides is 1. The van der Waals surface area contributed by atoms with E-state index in [-0.39, 0.29) is 18.9 Å². The van der Waals surface area contributed by atoms with Crippen LogP contribution >= 0.6 is 0 Å². The summed E-state index contributed by atoms with van der Waals surface area (Å²) in [6, 6.07) is 8.98. The lowest BCUT2D eigenvalue weighted by Crippen LogP contribution is -2.42. The Labute approximate surface area is 130 Å². The van der Waals surface area contributed by atoms with Gasteiger partial charge in [0, 0.05) is 6.04 Å². The van der Waals surface area contributed by atoms with E-state index in [1.54, 1.807) is 0 Å². The number of alkyl carbamates (subject to hydrolysis) is 1. The number of rotatable bonds is 6. The molecule has 0 bridgehead atoms. The summed E-state index contributed by atoms with van der Waals surface area (Å²) in [4.78, 5) is 22.9. The third-order valence-corrected chi connectivity index (χ3v) is 3.79. The van der Waals surface area contributed by atoms with Crippen LogP contribution in [0.1, 0.15) is 31.2 Å². The van der Waals surface area contributed by atoms with Crippen molar-refractivity contribution in [1.82, 2.24) is 5.32 Å². The fourth-order valence-corrected chi connectivity index (χ4v) is 2.62. The van der Waals surface area contributed by atoms with Gasteiger partial charge in [-0.3, -0.25) is 4.79 Å². The van der Waals surface area contributed by atoms with Crippen molar-refractivity contribution < 1.29 is 19.4 Å². The molecule has 0 fully saturated rings. The minimum Gasteiger partial charge on any atom is -0.481 e. The minimum atomic E-state index is -0.914. The van der Waals surface area contributed by atoms with E-state index in [0.717, 1.165) is 24.8 Å². The second kappa shape index (κ2) is 8.22. The van der Waals surface area contributed by atoms with Gasteiger partial charge in [-0.2, -0.15) is 0 Å². The zero-order valence-corrected chi connectivity index (χ0v) is 12.4. The summed E-state index contributed by atoms with van der Waals surface area (Å²) < 4.78 is 5.17. The third-order valence-electron chi connectivity index (χ3n) is 3.79. The zero-order valence-electron chi connectivity index (χ0n) is 12.4. The molecule has 1 aromatic rings. The maximum absolute atomic E-state index is 11.9. The molecule has 0 saturated heterocycles. The minimum absolute atomic E-state index is 0.0844. The first-order chi connectivity index (χ1) is 10.6. The van der Waals surface area contributed by atoms with Crippen molar-refractivity contribution in [2.24, 2.45) is 5.92 Å². The molecule has 2 atom stereocenters. The lowest BCUT2D eigenvalue weighted by Gasteiger charge is -2.27. The number of carbonyl (C=O) groups is 2. The van der Waals surface area contributed by atoms with Gasteiger partial charge in [0.25, 0.3) is 0 Å². The largest absolute Gasteiger partial charge is 0.481 e. The quantitative estimate of drug-likeness (QED) is 0.792. The maximum Gasteiger partial charge on any atom is 0.407 e. The first-order valence-corrected chi connectivity index (χ1v) is 7.49. The van der Waals surface area contributed by atoms with E-state index in [2.05, 4.69) is 11.4 Å². The molecule has 1 amide bonds. The van der Waals surface area contributed by atoms with Crippen molar-refractivity contribution in [2.75, 3.05) is 0 Å². The Morgan fingerprint density at radius 2 is 2.05 bits per heavy atom. The molecule has 0 saturated carbocycles. The fraction of sp³-hybridized carbons (Fsp3) is 0.412. The third kappa shape index (κ3) is 5.24. The Balaban J connectivity index is 1.87. The number of ether oxygens (including phenoxy) is 1. The van der Waals surface area contributed by atoms with Crippen molar-refractivity contribution in [3.8, 4) is 0 Å². The molecule has 0 aromatic heterocycles. The Morgan fingerprint density at radius 1 is 1.27 bits per heavy atom. The number of aliphatic carboxylic acids is 1.